The highest BCUT2D eigenvalue weighted by Gasteiger charge is 2.40. The molecule has 4 heteroatoms. The Morgan fingerprint density at radius 3 is 2.04 bits per heavy atom. The summed E-state index contributed by atoms with van der Waals surface area (Å²) < 4.78 is 0. The molecule has 4 nitrogen and oxygen atoms in total. The molecule has 0 bridgehead atoms. The molecule has 0 saturated carbocycles. The average Bonchev–Trinajstić information content (AvgIpc) is 2.87. The van der Waals surface area contributed by atoms with Gasteiger partial charge >= 0.3 is 0 Å². The summed E-state index contributed by atoms with van der Waals surface area (Å²) >= 11 is 0. The highest BCUT2D eigenvalue weighted by Crippen LogP contribution is 2.33. The number of rotatable bonds is 5. The smallest absolute Gasteiger partial charge is 0.278 e. The van der Waals surface area contributed by atoms with Crippen molar-refractivity contribution in [1.29, 1.82) is 0 Å². The first kappa shape index (κ1) is 16.0. The van der Waals surface area contributed by atoms with Crippen LogP contribution < -0.4 is 4.90 Å². The first-order valence-corrected chi connectivity index (χ1v) is 8.09. The molecule has 2 amide bonds. The number of carbonyl (C=O) groups is 2. The van der Waals surface area contributed by atoms with E-state index >= 15 is 0 Å². The average molecular weight is 320 g/mol. The molecule has 0 atom stereocenters. The van der Waals surface area contributed by atoms with Crippen LogP contribution in [0.4, 0.5) is 5.69 Å². The second-order valence-corrected chi connectivity index (χ2v) is 5.75. The van der Waals surface area contributed by atoms with Crippen molar-refractivity contribution in [2.45, 2.75) is 13.3 Å². The lowest BCUT2D eigenvalue weighted by Crippen LogP contribution is -2.34. The summed E-state index contributed by atoms with van der Waals surface area (Å²) in [6, 6.07) is 19.0. The van der Waals surface area contributed by atoms with Gasteiger partial charge in [0.05, 0.1) is 5.57 Å². The lowest BCUT2D eigenvalue weighted by Gasteiger charge is -2.21. The van der Waals surface area contributed by atoms with E-state index in [4.69, 9.17) is 0 Å². The molecule has 122 valence electrons. The fourth-order valence-corrected chi connectivity index (χ4v) is 2.95. The zero-order chi connectivity index (χ0) is 17.1. The first-order valence-electron chi connectivity index (χ1n) is 8.09. The minimum Gasteiger partial charge on any atom is -0.339 e. The minimum atomic E-state index is -0.230. The Labute approximate surface area is 142 Å². The molecule has 3 rings (SSSR count). The van der Waals surface area contributed by atoms with E-state index in [0.717, 1.165) is 17.7 Å². The molecule has 0 fully saturated rings. The molecule has 1 aliphatic rings. The number of imide groups is 1. The minimum absolute atomic E-state index is 0.217. The van der Waals surface area contributed by atoms with Gasteiger partial charge in [0.15, 0.2) is 0 Å². The molecule has 0 saturated heterocycles. The molecule has 0 aliphatic carbocycles. The highest BCUT2D eigenvalue weighted by molar-refractivity contribution is 6.36. The van der Waals surface area contributed by atoms with Gasteiger partial charge in [-0.3, -0.25) is 14.5 Å². The Morgan fingerprint density at radius 2 is 1.46 bits per heavy atom. The summed E-state index contributed by atoms with van der Waals surface area (Å²) in [4.78, 5) is 28.9. The maximum atomic E-state index is 12.9. The Morgan fingerprint density at radius 1 is 0.875 bits per heavy atom. The third-order valence-electron chi connectivity index (χ3n) is 4.13. The van der Waals surface area contributed by atoms with Crippen LogP contribution in [0, 0.1) is 0 Å². The van der Waals surface area contributed by atoms with Gasteiger partial charge in [0.2, 0.25) is 0 Å². The van der Waals surface area contributed by atoms with Crippen LogP contribution >= 0.6 is 0 Å². The number of nitrogens with zero attached hydrogens (tertiary/aromatic N) is 2. The number of anilines is 1. The van der Waals surface area contributed by atoms with E-state index in [-0.39, 0.29) is 11.8 Å². The monoisotopic (exact) mass is 320 g/mol. The zero-order valence-corrected chi connectivity index (χ0v) is 13.9. The number of para-hydroxylation sites is 1. The van der Waals surface area contributed by atoms with E-state index in [1.807, 2.05) is 74.6 Å². The molecule has 2 aromatic carbocycles. The van der Waals surface area contributed by atoms with Crippen molar-refractivity contribution < 1.29 is 9.59 Å². The van der Waals surface area contributed by atoms with Gasteiger partial charge in [0.25, 0.3) is 11.8 Å². The third kappa shape index (κ3) is 2.71. The molecular weight excluding hydrogens is 300 g/mol. The van der Waals surface area contributed by atoms with Gasteiger partial charge in [-0.15, -0.1) is 0 Å². The van der Waals surface area contributed by atoms with E-state index in [1.54, 1.807) is 4.90 Å². The molecule has 0 spiro atoms. The lowest BCUT2D eigenvalue weighted by atomic mass is 10.0. The van der Waals surface area contributed by atoms with E-state index in [1.165, 1.54) is 4.90 Å². The molecule has 2 aromatic rings. The van der Waals surface area contributed by atoms with E-state index in [9.17, 15) is 9.59 Å². The van der Waals surface area contributed by atoms with Crippen molar-refractivity contribution in [1.82, 2.24) is 4.90 Å². The second-order valence-electron chi connectivity index (χ2n) is 5.75. The second kappa shape index (κ2) is 6.71. The Bertz CT molecular complexity index is 782. The van der Waals surface area contributed by atoms with Crippen LogP contribution in [0.2, 0.25) is 0 Å². The van der Waals surface area contributed by atoms with E-state index in [2.05, 4.69) is 0 Å². The van der Waals surface area contributed by atoms with Crippen LogP contribution in [-0.2, 0) is 9.59 Å². The van der Waals surface area contributed by atoms with Gasteiger partial charge in [-0.1, -0.05) is 55.5 Å². The summed E-state index contributed by atoms with van der Waals surface area (Å²) in [6.45, 7) is 2.39. The fraction of sp³-hybridized carbons (Fsp3) is 0.200. The van der Waals surface area contributed by atoms with Crippen molar-refractivity contribution in [2.24, 2.45) is 0 Å². The van der Waals surface area contributed by atoms with Crippen molar-refractivity contribution in [3.63, 3.8) is 0 Å². The van der Waals surface area contributed by atoms with Crippen LogP contribution in [0.1, 0.15) is 18.9 Å². The van der Waals surface area contributed by atoms with Gasteiger partial charge in [-0.2, -0.15) is 0 Å². The summed E-state index contributed by atoms with van der Waals surface area (Å²) in [5, 5.41) is 0. The van der Waals surface area contributed by atoms with Gasteiger partial charge < -0.3 is 4.90 Å². The van der Waals surface area contributed by atoms with Gasteiger partial charge in [-0.25, -0.2) is 0 Å². The third-order valence-corrected chi connectivity index (χ3v) is 4.13. The van der Waals surface area contributed by atoms with Crippen LogP contribution in [0.5, 0.6) is 0 Å². The summed E-state index contributed by atoms with van der Waals surface area (Å²) in [5.74, 6) is -0.446. The van der Waals surface area contributed by atoms with Gasteiger partial charge in [0, 0.05) is 19.3 Å². The summed E-state index contributed by atoms with van der Waals surface area (Å²) in [7, 11) is 1.83. The molecule has 24 heavy (non-hydrogen) atoms. The Hall–Kier alpha value is -2.88. The number of carbonyl (C=O) groups excluding carboxylic acids is 2. The van der Waals surface area contributed by atoms with Crippen molar-refractivity contribution in [3.05, 3.63) is 71.9 Å². The zero-order valence-electron chi connectivity index (χ0n) is 13.9. The SMILES string of the molecule is CCCN1C(=O)C(c2ccccc2)=C(N(C)c2ccccc2)C1=O. The van der Waals surface area contributed by atoms with E-state index in [0.29, 0.717) is 17.8 Å². The predicted octanol–water partition coefficient (Wildman–Crippen LogP) is 3.31. The quantitative estimate of drug-likeness (QED) is 0.794. The number of amides is 2. The van der Waals surface area contributed by atoms with Crippen LogP contribution in [0.3, 0.4) is 0 Å². The van der Waals surface area contributed by atoms with Crippen LogP contribution in [0.25, 0.3) is 5.57 Å². The number of hydrogen-bond donors (Lipinski definition) is 0. The largest absolute Gasteiger partial charge is 0.339 e. The molecule has 1 heterocycles. The topological polar surface area (TPSA) is 40.6 Å². The molecular formula is C20H20N2O2. The number of benzene rings is 2. The summed E-state index contributed by atoms with van der Waals surface area (Å²) in [6.07, 6.45) is 0.738. The molecule has 0 aromatic heterocycles. The lowest BCUT2D eigenvalue weighted by molar-refractivity contribution is -0.136. The van der Waals surface area contributed by atoms with Gasteiger partial charge in [0.1, 0.15) is 5.70 Å². The normalized spacial score (nSPS) is 14.5. The maximum absolute atomic E-state index is 12.9. The highest BCUT2D eigenvalue weighted by atomic mass is 16.2. The first-order chi connectivity index (χ1) is 11.6. The van der Waals surface area contributed by atoms with Crippen molar-refractivity contribution in [3.8, 4) is 0 Å². The molecule has 0 unspecified atom stereocenters. The summed E-state index contributed by atoms with van der Waals surface area (Å²) in [5.41, 5.74) is 2.55. The molecule has 1 aliphatic heterocycles. The van der Waals surface area contributed by atoms with Crippen LogP contribution in [-0.4, -0.2) is 30.3 Å². The van der Waals surface area contributed by atoms with Gasteiger partial charge in [-0.05, 0) is 24.1 Å². The number of likely N-dealkylation sites (N-methyl/N-ethyl adjacent to an activating group) is 1. The number of hydrogen-bond acceptors (Lipinski definition) is 3. The molecule has 0 N–H and O–H groups in total. The fourth-order valence-electron chi connectivity index (χ4n) is 2.95. The Kier molecular flexibility index (Phi) is 4.47. The Balaban J connectivity index is 2.13. The van der Waals surface area contributed by atoms with E-state index < -0.39 is 0 Å². The van der Waals surface area contributed by atoms with Crippen molar-refractivity contribution >= 4 is 23.1 Å². The standard InChI is InChI=1S/C20H20N2O2/c1-3-14-22-19(23)17(15-10-6-4-7-11-15)18(20(22)24)21(2)16-12-8-5-9-13-16/h4-13H,3,14H2,1-2H3. The van der Waals surface area contributed by atoms with Crippen LogP contribution in [0.15, 0.2) is 66.4 Å². The maximum Gasteiger partial charge on any atom is 0.278 e. The molecule has 0 radical (unpaired) electrons. The predicted molar refractivity (Wildman–Crippen MR) is 95.2 cm³/mol. The van der Waals surface area contributed by atoms with Crippen molar-refractivity contribution in [2.75, 3.05) is 18.5 Å².